The summed E-state index contributed by atoms with van der Waals surface area (Å²) in [7, 11) is 0. The van der Waals surface area contributed by atoms with Crippen molar-refractivity contribution in [3.63, 3.8) is 0 Å². The van der Waals surface area contributed by atoms with Crippen LogP contribution in [0, 0.1) is 5.82 Å². The van der Waals surface area contributed by atoms with Crippen LogP contribution in [0.2, 0.25) is 14.8 Å². The van der Waals surface area contributed by atoms with E-state index in [1.807, 2.05) is 28.7 Å². The van der Waals surface area contributed by atoms with Crippen LogP contribution in [0.5, 0.6) is 5.75 Å². The summed E-state index contributed by atoms with van der Waals surface area (Å²) in [6.45, 7) is 2.65. The molecule has 3 nitrogen and oxygen atoms in total. The van der Waals surface area contributed by atoms with Crippen molar-refractivity contribution >= 4 is 61.4 Å². The molecule has 4 rings (SSSR count). The van der Waals surface area contributed by atoms with Crippen LogP contribution >= 0.6 is 28.4 Å². The molecule has 166 valence electrons. The molecule has 32 heavy (non-hydrogen) atoms. The first-order valence-corrected chi connectivity index (χ1v) is 24.8. The molecule has 0 aliphatic rings. The van der Waals surface area contributed by atoms with E-state index in [4.69, 9.17) is 9.84 Å². The molecular formula is C25H27FIN2OPSn. The van der Waals surface area contributed by atoms with Crippen LogP contribution in [0.4, 0.5) is 4.39 Å². The van der Waals surface area contributed by atoms with Crippen LogP contribution in [0.1, 0.15) is 18.1 Å². The maximum absolute atomic E-state index is 15.5. The number of halogens is 2. The van der Waals surface area contributed by atoms with E-state index < -0.39 is 18.4 Å². The molecule has 0 N–H and O–H groups in total. The Labute approximate surface area is 207 Å². The Hall–Kier alpha value is -1.18. The van der Waals surface area contributed by atoms with Crippen molar-refractivity contribution < 1.29 is 9.13 Å². The molecule has 4 aromatic rings. The topological polar surface area (TPSA) is 27.1 Å². The van der Waals surface area contributed by atoms with Crippen molar-refractivity contribution in [1.29, 1.82) is 0 Å². The van der Waals surface area contributed by atoms with Crippen molar-refractivity contribution in [3.05, 3.63) is 77.6 Å². The van der Waals surface area contributed by atoms with Gasteiger partial charge >= 0.3 is 179 Å². The summed E-state index contributed by atoms with van der Waals surface area (Å²) in [4.78, 5) is 6.86. The second-order valence-electron chi connectivity index (χ2n) is 8.89. The van der Waals surface area contributed by atoms with E-state index >= 15 is 4.39 Å². The van der Waals surface area contributed by atoms with Gasteiger partial charge in [0.1, 0.15) is 0 Å². The first-order chi connectivity index (χ1) is 15.3. The minimum atomic E-state index is -2.56. The Morgan fingerprint density at radius 1 is 1.06 bits per heavy atom. The van der Waals surface area contributed by atoms with Gasteiger partial charge in [-0.2, -0.15) is 0 Å². The monoisotopic (exact) mass is 668 g/mol. The zero-order chi connectivity index (χ0) is 22.9. The van der Waals surface area contributed by atoms with Gasteiger partial charge in [-0.05, 0) is 0 Å². The van der Waals surface area contributed by atoms with Crippen molar-refractivity contribution in [2.24, 2.45) is 0 Å². The zero-order valence-corrected chi connectivity index (χ0v) is 24.8. The normalized spacial score (nSPS) is 12.2. The molecule has 1 heterocycles. The number of nitrogens with zero attached hydrogens (tertiary/aromatic N) is 2. The van der Waals surface area contributed by atoms with Gasteiger partial charge in [0.15, 0.2) is 0 Å². The predicted octanol–water partition coefficient (Wildman–Crippen LogP) is 7.32. The third-order valence-electron chi connectivity index (χ3n) is 5.54. The van der Waals surface area contributed by atoms with Gasteiger partial charge in [-0.15, -0.1) is 0 Å². The first kappa shape index (κ1) is 24.0. The van der Waals surface area contributed by atoms with E-state index in [9.17, 15) is 0 Å². The molecule has 0 amide bonds. The summed E-state index contributed by atoms with van der Waals surface area (Å²) < 4.78 is 24.5. The Bertz CT molecular complexity index is 1250. The number of ether oxygens (including phenoxy) is 1. The number of hydrogen-bond donors (Lipinski definition) is 0. The van der Waals surface area contributed by atoms with Gasteiger partial charge in [0.2, 0.25) is 0 Å². The molecule has 1 aromatic heterocycles. The minimum absolute atomic E-state index is 0.161. The van der Waals surface area contributed by atoms with Crippen molar-refractivity contribution in [1.82, 2.24) is 9.55 Å². The molecule has 7 heteroatoms. The molecular weight excluding hydrogens is 640 g/mol. The number of rotatable bonds is 7. The van der Waals surface area contributed by atoms with Gasteiger partial charge in [0, 0.05) is 0 Å². The van der Waals surface area contributed by atoms with Crippen LogP contribution in [0.3, 0.4) is 0 Å². The van der Waals surface area contributed by atoms with E-state index in [0.29, 0.717) is 13.0 Å². The molecule has 0 fully saturated rings. The quantitative estimate of drug-likeness (QED) is 0.117. The molecule has 0 spiro atoms. The second kappa shape index (κ2) is 9.98. The van der Waals surface area contributed by atoms with Crippen LogP contribution in [-0.4, -0.2) is 27.9 Å². The molecule has 0 bridgehead atoms. The molecule has 1 unspecified atom stereocenters. The van der Waals surface area contributed by atoms with E-state index in [2.05, 4.69) is 74.1 Å². The Kier molecular flexibility index (Phi) is 7.47. The number of aryl methyl sites for hydroxylation is 1. The fourth-order valence-electron chi connectivity index (χ4n) is 3.92. The average molecular weight is 667 g/mol. The summed E-state index contributed by atoms with van der Waals surface area (Å²) in [5.41, 5.74) is 5.13. The van der Waals surface area contributed by atoms with Crippen LogP contribution in [0.15, 0.2) is 60.7 Å². The third kappa shape index (κ3) is 5.00. The number of benzene rings is 3. The second-order valence-corrected chi connectivity index (χ2v) is 25.1. The first-order valence-electron chi connectivity index (χ1n) is 10.7. The fraction of sp³-hybridized carbons (Fsp3) is 0.240. The van der Waals surface area contributed by atoms with Crippen LogP contribution in [-0.2, 0) is 13.0 Å². The Morgan fingerprint density at radius 3 is 2.47 bits per heavy atom. The van der Waals surface area contributed by atoms with E-state index in [-0.39, 0.29) is 5.82 Å². The molecule has 0 saturated heterocycles. The summed E-state index contributed by atoms with van der Waals surface area (Å²) in [6, 6.07) is 20.0. The number of hydrogen-bond acceptors (Lipinski definition) is 2. The third-order valence-corrected chi connectivity index (χ3v) is 12.5. The number of fused-ring (bicyclic) bond motifs is 1. The number of aromatic nitrogens is 2. The van der Waals surface area contributed by atoms with Crippen molar-refractivity contribution in [2.75, 3.05) is 0 Å². The average Bonchev–Trinajstić information content (AvgIpc) is 3.18. The Morgan fingerprint density at radius 2 is 1.81 bits per heavy atom. The zero-order valence-electron chi connectivity index (χ0n) is 18.7. The summed E-state index contributed by atoms with van der Waals surface area (Å²) in [5, 5.41) is 5.56. The summed E-state index contributed by atoms with van der Waals surface area (Å²) in [6.07, 6.45) is 1.28. The molecule has 0 saturated carbocycles. The molecule has 0 aliphatic carbocycles. The maximum atomic E-state index is 15.5. The van der Waals surface area contributed by atoms with Gasteiger partial charge in [-0.3, -0.25) is 0 Å². The predicted molar refractivity (Wildman–Crippen MR) is 146 cm³/mol. The Balaban J connectivity index is 1.73. The molecule has 3 aromatic carbocycles. The molecule has 1 atom stereocenters. The molecule has 0 aliphatic heterocycles. The fourth-order valence-corrected chi connectivity index (χ4v) is 9.70. The van der Waals surface area contributed by atoms with E-state index in [1.54, 1.807) is 6.07 Å². The van der Waals surface area contributed by atoms with E-state index in [0.717, 1.165) is 49.0 Å². The SMILES string of the molecule is CCc1cc(OCc2ccccc2)ccc1-c1cc(F)c2[c]([Sn]([CH3])([CH3])[CH3])nn(PI)c2c1. The van der Waals surface area contributed by atoms with Crippen LogP contribution < -0.4 is 8.45 Å². The van der Waals surface area contributed by atoms with Gasteiger partial charge in [-0.1, -0.05) is 30.3 Å². The van der Waals surface area contributed by atoms with Gasteiger partial charge in [0.05, 0.1) is 0 Å². The molecule has 0 radical (unpaired) electrons. The van der Waals surface area contributed by atoms with Crippen molar-refractivity contribution in [3.8, 4) is 16.9 Å². The van der Waals surface area contributed by atoms with Crippen LogP contribution in [0.25, 0.3) is 22.0 Å². The van der Waals surface area contributed by atoms with Gasteiger partial charge < -0.3 is 0 Å². The van der Waals surface area contributed by atoms with Crippen molar-refractivity contribution in [2.45, 2.75) is 34.8 Å². The van der Waals surface area contributed by atoms with Gasteiger partial charge in [0.25, 0.3) is 0 Å². The standard InChI is InChI=1S/C22H18FIN2OP.3CH3.Sn/c1-2-16-10-18(27-14-15-6-4-3-5-7-15)8-9-19(16)17-11-21(23)20-13-25-26(28-24)22(20)12-17;;;;/h3-12,28H,2,14H2,1H3;3*1H3;. The summed E-state index contributed by atoms with van der Waals surface area (Å²) in [5.74, 6) is 0.672. The van der Waals surface area contributed by atoms with E-state index in [1.165, 1.54) is 0 Å². The summed E-state index contributed by atoms with van der Waals surface area (Å²) >= 11 is -0.235. The van der Waals surface area contributed by atoms with Gasteiger partial charge in [-0.25, -0.2) is 0 Å².